The fourth-order valence-electron chi connectivity index (χ4n) is 2.61. The number of aliphatic carboxylic acids is 1. The molecule has 1 saturated carbocycles. The Hall–Kier alpha value is -2.25. The van der Waals surface area contributed by atoms with Gasteiger partial charge in [0, 0.05) is 24.2 Å². The minimum absolute atomic E-state index is 0.0511. The van der Waals surface area contributed by atoms with Gasteiger partial charge in [-0.25, -0.2) is 18.6 Å². The van der Waals surface area contributed by atoms with Gasteiger partial charge in [0.25, 0.3) is 5.91 Å². The molecule has 2 rings (SSSR count). The summed E-state index contributed by atoms with van der Waals surface area (Å²) in [4.78, 5) is 27.1. The van der Waals surface area contributed by atoms with E-state index in [-0.39, 0.29) is 17.5 Å². The van der Waals surface area contributed by atoms with Crippen LogP contribution in [0.5, 0.6) is 5.88 Å². The summed E-state index contributed by atoms with van der Waals surface area (Å²) >= 11 is 0. The fourth-order valence-corrected chi connectivity index (χ4v) is 2.61. The molecule has 0 spiro atoms. The number of rotatable bonds is 7. The third-order valence-electron chi connectivity index (χ3n) is 3.85. The lowest BCUT2D eigenvalue weighted by molar-refractivity contribution is -0.140. The van der Waals surface area contributed by atoms with Gasteiger partial charge in [0.15, 0.2) is 0 Å². The number of carbonyl (C=O) groups excluding carboxylic acids is 1. The number of hydrogen-bond acceptors (Lipinski definition) is 4. The number of carboxylic acid groups (broad SMARTS) is 1. The van der Waals surface area contributed by atoms with E-state index in [9.17, 15) is 18.4 Å². The number of nitrogens with one attached hydrogen (secondary N) is 1. The summed E-state index contributed by atoms with van der Waals surface area (Å²) in [5.41, 5.74) is 0.122. The molecule has 24 heavy (non-hydrogen) atoms. The van der Waals surface area contributed by atoms with Crippen molar-refractivity contribution < 1.29 is 28.2 Å². The monoisotopic (exact) mass is 342 g/mol. The predicted molar refractivity (Wildman–Crippen MR) is 81.2 cm³/mol. The first-order chi connectivity index (χ1) is 11.5. The molecule has 0 radical (unpaired) electrons. The van der Waals surface area contributed by atoms with Crippen molar-refractivity contribution >= 4 is 11.9 Å². The maximum absolute atomic E-state index is 12.4. The van der Waals surface area contributed by atoms with E-state index in [0.717, 1.165) is 25.7 Å². The second kappa shape index (κ2) is 8.56. The maximum Gasteiger partial charge on any atom is 0.326 e. The second-order valence-electron chi connectivity index (χ2n) is 5.75. The van der Waals surface area contributed by atoms with Gasteiger partial charge in [-0.2, -0.15) is 0 Å². The van der Waals surface area contributed by atoms with Crippen molar-refractivity contribution in [1.82, 2.24) is 10.3 Å². The Morgan fingerprint density at radius 3 is 2.67 bits per heavy atom. The molecule has 1 unspecified atom stereocenters. The van der Waals surface area contributed by atoms with Crippen LogP contribution >= 0.6 is 0 Å². The van der Waals surface area contributed by atoms with Gasteiger partial charge in [0.05, 0.1) is 0 Å². The second-order valence-corrected chi connectivity index (χ2v) is 5.75. The topological polar surface area (TPSA) is 88.5 Å². The molecule has 0 aliphatic heterocycles. The highest BCUT2D eigenvalue weighted by molar-refractivity contribution is 5.96. The van der Waals surface area contributed by atoms with Crippen LogP contribution in [0.1, 0.15) is 48.9 Å². The van der Waals surface area contributed by atoms with E-state index in [1.54, 1.807) is 0 Å². The Labute approximate surface area is 138 Å². The largest absolute Gasteiger partial charge is 0.480 e. The third kappa shape index (κ3) is 5.43. The molecule has 0 saturated heterocycles. The summed E-state index contributed by atoms with van der Waals surface area (Å²) in [7, 11) is 0. The van der Waals surface area contributed by atoms with E-state index in [4.69, 9.17) is 9.84 Å². The zero-order chi connectivity index (χ0) is 17.5. The Balaban J connectivity index is 2.00. The number of carbonyl (C=O) groups is 2. The number of carboxylic acids is 1. The number of hydrogen-bond donors (Lipinski definition) is 2. The van der Waals surface area contributed by atoms with Crippen molar-refractivity contribution in [3.8, 4) is 5.88 Å². The van der Waals surface area contributed by atoms with Gasteiger partial charge in [-0.05, 0) is 31.7 Å². The molecule has 1 amide bonds. The first-order valence-electron chi connectivity index (χ1n) is 7.90. The van der Waals surface area contributed by atoms with E-state index in [0.29, 0.717) is 0 Å². The van der Waals surface area contributed by atoms with Crippen LogP contribution in [0.15, 0.2) is 18.3 Å². The number of ether oxygens (including phenoxy) is 1. The lowest BCUT2D eigenvalue weighted by atomic mass is 9.98. The van der Waals surface area contributed by atoms with Crippen LogP contribution in [0.3, 0.4) is 0 Å². The van der Waals surface area contributed by atoms with Gasteiger partial charge >= 0.3 is 5.97 Å². The van der Waals surface area contributed by atoms with Crippen molar-refractivity contribution in [2.75, 3.05) is 0 Å². The van der Waals surface area contributed by atoms with Gasteiger partial charge in [-0.1, -0.05) is 6.42 Å². The zero-order valence-corrected chi connectivity index (χ0v) is 13.1. The Morgan fingerprint density at radius 1 is 1.33 bits per heavy atom. The van der Waals surface area contributed by atoms with E-state index in [2.05, 4.69) is 10.3 Å². The van der Waals surface area contributed by atoms with Crippen molar-refractivity contribution in [3.05, 3.63) is 23.9 Å². The van der Waals surface area contributed by atoms with Crippen molar-refractivity contribution in [2.24, 2.45) is 0 Å². The van der Waals surface area contributed by atoms with Gasteiger partial charge in [0.1, 0.15) is 12.1 Å². The van der Waals surface area contributed by atoms with Gasteiger partial charge in [-0.3, -0.25) is 4.79 Å². The summed E-state index contributed by atoms with van der Waals surface area (Å²) < 4.78 is 30.5. The summed E-state index contributed by atoms with van der Waals surface area (Å²) in [6.07, 6.45) is 2.84. The summed E-state index contributed by atoms with van der Waals surface area (Å²) in [6, 6.07) is 1.13. The van der Waals surface area contributed by atoms with Crippen molar-refractivity contribution in [3.63, 3.8) is 0 Å². The molecule has 2 N–H and O–H groups in total. The standard InChI is InChI=1S/C16H20F2N2O4/c17-13(18)9-12(16(22)23)20-15(21)10-6-7-19-14(8-10)24-11-4-2-1-3-5-11/h6-8,11-13H,1-5,9H2,(H,20,21)(H,22,23). The van der Waals surface area contributed by atoms with E-state index < -0.39 is 30.8 Å². The van der Waals surface area contributed by atoms with Crippen LogP contribution < -0.4 is 10.1 Å². The normalized spacial score (nSPS) is 16.6. The predicted octanol–water partition coefficient (Wildman–Crippen LogP) is 2.63. The molecule has 1 heterocycles. The molecule has 1 aliphatic carbocycles. The summed E-state index contributed by atoms with van der Waals surface area (Å²) in [5.74, 6) is -1.98. The third-order valence-corrected chi connectivity index (χ3v) is 3.85. The minimum atomic E-state index is -2.82. The van der Waals surface area contributed by atoms with Gasteiger partial charge in [0.2, 0.25) is 12.3 Å². The van der Waals surface area contributed by atoms with Crippen LogP contribution in [0.2, 0.25) is 0 Å². The Kier molecular flexibility index (Phi) is 6.45. The summed E-state index contributed by atoms with van der Waals surface area (Å²) in [6.45, 7) is 0. The molecular weight excluding hydrogens is 322 g/mol. The molecule has 1 fully saturated rings. The molecule has 0 bridgehead atoms. The van der Waals surface area contributed by atoms with Crippen LogP contribution in [-0.2, 0) is 4.79 Å². The van der Waals surface area contributed by atoms with Crippen molar-refractivity contribution in [1.29, 1.82) is 0 Å². The Morgan fingerprint density at radius 2 is 2.04 bits per heavy atom. The molecule has 1 aliphatic rings. The van der Waals surface area contributed by atoms with E-state index in [1.807, 2.05) is 0 Å². The van der Waals surface area contributed by atoms with Crippen LogP contribution in [-0.4, -0.2) is 40.5 Å². The van der Waals surface area contributed by atoms with Crippen LogP contribution in [0, 0.1) is 0 Å². The van der Waals surface area contributed by atoms with Crippen LogP contribution in [0.25, 0.3) is 0 Å². The SMILES string of the molecule is O=C(NC(CC(F)F)C(=O)O)c1ccnc(OC2CCCCC2)c1. The van der Waals surface area contributed by atoms with E-state index >= 15 is 0 Å². The lowest BCUT2D eigenvalue weighted by Crippen LogP contribution is -2.42. The zero-order valence-electron chi connectivity index (χ0n) is 13.1. The van der Waals surface area contributed by atoms with Gasteiger partial charge < -0.3 is 15.2 Å². The first-order valence-corrected chi connectivity index (χ1v) is 7.90. The number of alkyl halides is 2. The molecule has 1 aromatic heterocycles. The molecule has 6 nitrogen and oxygen atoms in total. The number of halogens is 2. The molecule has 132 valence electrons. The Bertz CT molecular complexity index is 577. The number of amides is 1. The molecule has 1 aromatic rings. The van der Waals surface area contributed by atoms with Crippen molar-refractivity contribution in [2.45, 2.75) is 57.1 Å². The highest BCUT2D eigenvalue weighted by Crippen LogP contribution is 2.22. The van der Waals surface area contributed by atoms with E-state index in [1.165, 1.54) is 24.8 Å². The highest BCUT2D eigenvalue weighted by atomic mass is 19.3. The fraction of sp³-hybridized carbons (Fsp3) is 0.562. The molecule has 1 atom stereocenters. The maximum atomic E-state index is 12.4. The molecular formula is C16H20F2N2O4. The quantitative estimate of drug-likeness (QED) is 0.795. The number of nitrogens with zero attached hydrogens (tertiary/aromatic N) is 1. The average Bonchev–Trinajstić information content (AvgIpc) is 2.55. The number of pyridine rings is 1. The molecule has 8 heteroatoms. The van der Waals surface area contributed by atoms with Gasteiger partial charge in [-0.15, -0.1) is 0 Å². The summed E-state index contributed by atoms with van der Waals surface area (Å²) in [5, 5.41) is 11.0. The lowest BCUT2D eigenvalue weighted by Gasteiger charge is -2.22. The minimum Gasteiger partial charge on any atom is -0.480 e. The highest BCUT2D eigenvalue weighted by Gasteiger charge is 2.25. The first kappa shape index (κ1) is 18.1. The number of aromatic nitrogens is 1. The average molecular weight is 342 g/mol. The smallest absolute Gasteiger partial charge is 0.326 e. The van der Waals surface area contributed by atoms with Crippen LogP contribution in [0.4, 0.5) is 8.78 Å². The molecule has 0 aromatic carbocycles.